The monoisotopic (exact) mass is 290 g/mol. The number of nitrogens with zero attached hydrogens (tertiary/aromatic N) is 1. The van der Waals surface area contributed by atoms with Gasteiger partial charge in [0.05, 0.1) is 6.61 Å². The molecule has 2 rings (SSSR count). The van der Waals surface area contributed by atoms with Crippen molar-refractivity contribution in [3.05, 3.63) is 29.8 Å². The molecule has 118 valence electrons. The van der Waals surface area contributed by atoms with E-state index in [0.717, 1.165) is 45.2 Å². The minimum absolute atomic E-state index is 0.563. The van der Waals surface area contributed by atoms with Gasteiger partial charge in [0.15, 0.2) is 0 Å². The molecule has 21 heavy (non-hydrogen) atoms. The molecule has 0 amide bonds. The number of nitrogens with one attached hydrogen (secondary N) is 1. The molecule has 1 aromatic carbocycles. The summed E-state index contributed by atoms with van der Waals surface area (Å²) in [6.07, 6.45) is 2.31. The molecule has 0 aliphatic carbocycles. The summed E-state index contributed by atoms with van der Waals surface area (Å²) < 4.78 is 5.81. The molecule has 0 saturated carbocycles. The Morgan fingerprint density at radius 2 is 2.10 bits per heavy atom. The van der Waals surface area contributed by atoms with Gasteiger partial charge >= 0.3 is 0 Å². The molecular formula is C18H30N2O. The number of fused-ring (bicyclic) bond motifs is 1. The van der Waals surface area contributed by atoms with Crippen molar-refractivity contribution in [1.82, 2.24) is 5.32 Å². The smallest absolute Gasteiger partial charge is 0.0641 e. The van der Waals surface area contributed by atoms with Gasteiger partial charge in [-0.1, -0.05) is 39.0 Å². The first-order valence-electron chi connectivity index (χ1n) is 8.34. The van der Waals surface area contributed by atoms with Gasteiger partial charge in [-0.2, -0.15) is 0 Å². The molecule has 0 radical (unpaired) electrons. The van der Waals surface area contributed by atoms with Crippen LogP contribution in [0.3, 0.4) is 0 Å². The maximum Gasteiger partial charge on any atom is 0.0641 e. The molecule has 0 aromatic heterocycles. The maximum atomic E-state index is 5.81. The zero-order chi connectivity index (χ0) is 15.1. The van der Waals surface area contributed by atoms with Crippen LogP contribution in [0.1, 0.15) is 39.2 Å². The average Bonchev–Trinajstić information content (AvgIpc) is 2.66. The number of hydrogen-bond donors (Lipinski definition) is 1. The molecule has 3 heteroatoms. The van der Waals surface area contributed by atoms with Gasteiger partial charge < -0.3 is 15.0 Å². The molecule has 3 nitrogen and oxygen atoms in total. The lowest BCUT2D eigenvalue weighted by atomic mass is 10.1. The van der Waals surface area contributed by atoms with E-state index in [0.29, 0.717) is 6.04 Å². The second-order valence-corrected chi connectivity index (χ2v) is 6.36. The number of ether oxygens (including phenoxy) is 1. The minimum Gasteiger partial charge on any atom is -0.380 e. The number of para-hydroxylation sites is 1. The van der Waals surface area contributed by atoms with Crippen molar-refractivity contribution in [2.75, 3.05) is 31.2 Å². The lowest BCUT2D eigenvalue weighted by Gasteiger charge is -2.27. The first kappa shape index (κ1) is 16.3. The van der Waals surface area contributed by atoms with E-state index in [4.69, 9.17) is 4.74 Å². The lowest BCUT2D eigenvalue weighted by Crippen LogP contribution is -2.39. The molecule has 1 aromatic rings. The van der Waals surface area contributed by atoms with Gasteiger partial charge in [0.2, 0.25) is 0 Å². The van der Waals surface area contributed by atoms with Gasteiger partial charge in [0.1, 0.15) is 0 Å². The van der Waals surface area contributed by atoms with Crippen molar-refractivity contribution in [3.8, 4) is 0 Å². The molecule has 1 atom stereocenters. The van der Waals surface area contributed by atoms with Crippen molar-refractivity contribution in [3.63, 3.8) is 0 Å². The second-order valence-electron chi connectivity index (χ2n) is 6.36. The molecule has 1 heterocycles. The Kier molecular flexibility index (Phi) is 6.52. The van der Waals surface area contributed by atoms with Gasteiger partial charge in [-0.3, -0.25) is 0 Å². The zero-order valence-corrected chi connectivity index (χ0v) is 13.8. The predicted molar refractivity (Wildman–Crippen MR) is 89.8 cm³/mol. The molecule has 1 aliphatic rings. The third-order valence-electron chi connectivity index (χ3n) is 4.19. The fourth-order valence-corrected chi connectivity index (χ4v) is 2.73. The van der Waals surface area contributed by atoms with E-state index in [-0.39, 0.29) is 0 Å². The zero-order valence-electron chi connectivity index (χ0n) is 13.8. The van der Waals surface area contributed by atoms with Crippen LogP contribution >= 0.6 is 0 Å². The fourth-order valence-electron chi connectivity index (χ4n) is 2.73. The summed E-state index contributed by atoms with van der Waals surface area (Å²) in [6, 6.07) is 9.30. The highest BCUT2D eigenvalue weighted by Crippen LogP contribution is 2.23. The second kappa shape index (κ2) is 8.40. The summed E-state index contributed by atoms with van der Waals surface area (Å²) in [5.74, 6) is 0.720. The van der Waals surface area contributed by atoms with Gasteiger partial charge in [-0.25, -0.2) is 0 Å². The van der Waals surface area contributed by atoms with Crippen LogP contribution in [0, 0.1) is 5.92 Å². The van der Waals surface area contributed by atoms with E-state index >= 15 is 0 Å². The van der Waals surface area contributed by atoms with Crippen LogP contribution in [0.15, 0.2) is 24.3 Å². The molecule has 0 bridgehead atoms. The van der Waals surface area contributed by atoms with Crippen LogP contribution in [-0.2, 0) is 11.3 Å². The van der Waals surface area contributed by atoms with E-state index in [1.54, 1.807) is 0 Å². The Morgan fingerprint density at radius 3 is 2.86 bits per heavy atom. The Bertz CT molecular complexity index is 419. The summed E-state index contributed by atoms with van der Waals surface area (Å²) >= 11 is 0. The van der Waals surface area contributed by atoms with Crippen molar-refractivity contribution >= 4 is 5.69 Å². The topological polar surface area (TPSA) is 24.5 Å². The van der Waals surface area contributed by atoms with Crippen molar-refractivity contribution < 1.29 is 4.74 Å². The summed E-state index contributed by atoms with van der Waals surface area (Å²) in [4.78, 5) is 2.48. The largest absolute Gasteiger partial charge is 0.380 e. The average molecular weight is 290 g/mol. The highest BCUT2D eigenvalue weighted by Gasteiger charge is 2.19. The summed E-state index contributed by atoms with van der Waals surface area (Å²) in [5, 5.41) is 3.65. The molecule has 0 spiro atoms. The normalized spacial score (nSPS) is 18.7. The fraction of sp³-hybridized carbons (Fsp3) is 0.667. The Balaban J connectivity index is 1.92. The molecular weight excluding hydrogens is 260 g/mol. The molecule has 1 unspecified atom stereocenters. The van der Waals surface area contributed by atoms with Crippen molar-refractivity contribution in [1.29, 1.82) is 0 Å². The Hall–Kier alpha value is -1.06. The van der Waals surface area contributed by atoms with Crippen LogP contribution in [-0.4, -0.2) is 32.3 Å². The van der Waals surface area contributed by atoms with Crippen LogP contribution in [0.2, 0.25) is 0 Å². The molecule has 1 N–H and O–H groups in total. The van der Waals surface area contributed by atoms with Gasteiger partial charge in [0, 0.05) is 38.0 Å². The van der Waals surface area contributed by atoms with E-state index < -0.39 is 0 Å². The summed E-state index contributed by atoms with van der Waals surface area (Å²) in [6.45, 7) is 11.5. The third-order valence-corrected chi connectivity index (χ3v) is 4.19. The highest BCUT2D eigenvalue weighted by atomic mass is 16.5. The quantitative estimate of drug-likeness (QED) is 0.779. The van der Waals surface area contributed by atoms with Crippen LogP contribution in [0.25, 0.3) is 0 Å². The lowest BCUT2D eigenvalue weighted by molar-refractivity contribution is 0.129. The minimum atomic E-state index is 0.563. The van der Waals surface area contributed by atoms with E-state index in [1.165, 1.54) is 17.7 Å². The number of rotatable bonds is 7. The predicted octanol–water partition coefficient (Wildman–Crippen LogP) is 3.44. The molecule has 1 aliphatic heterocycles. The van der Waals surface area contributed by atoms with Crippen LogP contribution in [0.4, 0.5) is 5.69 Å². The van der Waals surface area contributed by atoms with Crippen LogP contribution in [0.5, 0.6) is 0 Å². The standard InChI is InChI=1S/C18H30N2O/c1-4-17-14-20(10-12-21-11-9-15(2)3)18-8-6-5-7-16(18)13-19-17/h5-8,15,17,19H,4,9-14H2,1-3H3. The van der Waals surface area contributed by atoms with E-state index in [9.17, 15) is 0 Å². The summed E-state index contributed by atoms with van der Waals surface area (Å²) in [7, 11) is 0. The number of hydrogen-bond acceptors (Lipinski definition) is 3. The van der Waals surface area contributed by atoms with E-state index in [1.807, 2.05) is 0 Å². The molecule has 0 saturated heterocycles. The van der Waals surface area contributed by atoms with Gasteiger partial charge in [0.25, 0.3) is 0 Å². The third kappa shape index (κ3) is 5.01. The number of benzene rings is 1. The van der Waals surface area contributed by atoms with Crippen molar-refractivity contribution in [2.45, 2.75) is 46.2 Å². The van der Waals surface area contributed by atoms with Gasteiger partial charge in [-0.15, -0.1) is 0 Å². The van der Waals surface area contributed by atoms with E-state index in [2.05, 4.69) is 55.3 Å². The number of anilines is 1. The van der Waals surface area contributed by atoms with Crippen molar-refractivity contribution in [2.24, 2.45) is 5.92 Å². The SMILES string of the molecule is CCC1CN(CCOCCC(C)C)c2ccccc2CN1. The maximum absolute atomic E-state index is 5.81. The first-order chi connectivity index (χ1) is 10.2. The van der Waals surface area contributed by atoms with Gasteiger partial charge in [-0.05, 0) is 30.4 Å². The molecule has 0 fully saturated rings. The highest BCUT2D eigenvalue weighted by molar-refractivity contribution is 5.54. The summed E-state index contributed by atoms with van der Waals surface area (Å²) in [5.41, 5.74) is 2.77. The Labute approximate surface area is 129 Å². The van der Waals surface area contributed by atoms with Crippen LogP contribution < -0.4 is 10.2 Å². The Morgan fingerprint density at radius 1 is 1.29 bits per heavy atom. The first-order valence-corrected chi connectivity index (χ1v) is 8.34.